The van der Waals surface area contributed by atoms with Crippen molar-refractivity contribution in [2.45, 2.75) is 45.4 Å². The second-order valence-electron chi connectivity index (χ2n) is 4.75. The van der Waals surface area contributed by atoms with Crippen molar-refractivity contribution in [1.29, 1.82) is 0 Å². The third-order valence-corrected chi connectivity index (χ3v) is 3.11. The number of unbranched alkanes of at least 4 members (excludes halogenated alkanes) is 5. The molecule has 0 unspecified atom stereocenters. The molecule has 0 radical (unpaired) electrons. The number of benzene rings is 1. The van der Waals surface area contributed by atoms with Crippen LogP contribution in [0, 0.1) is 0 Å². The van der Waals surface area contributed by atoms with E-state index in [2.05, 4.69) is 20.1 Å². The third kappa shape index (κ3) is 7.62. The molecule has 1 N–H and O–H groups in total. The predicted molar refractivity (Wildman–Crippen MR) is 88.3 cm³/mol. The van der Waals surface area contributed by atoms with E-state index in [1.54, 1.807) is 12.1 Å². The maximum atomic E-state index is 11.8. The molecule has 1 rings (SSSR count). The van der Waals surface area contributed by atoms with Crippen molar-refractivity contribution < 1.29 is 19.4 Å². The average Bonchev–Trinajstić information content (AvgIpc) is 2.55. The van der Waals surface area contributed by atoms with Crippen molar-refractivity contribution in [3.8, 4) is 0 Å². The minimum atomic E-state index is -1.11. The fourth-order valence-corrected chi connectivity index (χ4v) is 1.97. The van der Waals surface area contributed by atoms with Gasteiger partial charge in [0.1, 0.15) is 0 Å². The van der Waals surface area contributed by atoms with Gasteiger partial charge in [0.2, 0.25) is 0 Å². The van der Waals surface area contributed by atoms with Crippen LogP contribution >= 0.6 is 0 Å². The minimum Gasteiger partial charge on any atom is -0.478 e. The van der Waals surface area contributed by atoms with E-state index in [0.717, 1.165) is 19.3 Å². The summed E-state index contributed by atoms with van der Waals surface area (Å²) in [5.74, 6) is -1.67. The van der Waals surface area contributed by atoms with Crippen LogP contribution in [0.1, 0.15) is 66.2 Å². The van der Waals surface area contributed by atoms with E-state index >= 15 is 0 Å². The molecule has 0 aliphatic heterocycles. The lowest BCUT2D eigenvalue weighted by molar-refractivity contribution is 0.0487. The van der Waals surface area contributed by atoms with E-state index in [-0.39, 0.29) is 11.1 Å². The first kappa shape index (κ1) is 19.9. The molecule has 0 aromatic heterocycles. The van der Waals surface area contributed by atoms with Gasteiger partial charge in [0.15, 0.2) is 0 Å². The first-order chi connectivity index (χ1) is 10.7. The molecule has 0 fully saturated rings. The summed E-state index contributed by atoms with van der Waals surface area (Å²) in [6, 6.07) is 6.11. The lowest BCUT2D eigenvalue weighted by atomic mass is 10.1. The number of esters is 1. The van der Waals surface area contributed by atoms with Crippen LogP contribution < -0.4 is 0 Å². The third-order valence-electron chi connectivity index (χ3n) is 3.11. The summed E-state index contributed by atoms with van der Waals surface area (Å²) in [5, 5.41) is 9.00. The maximum absolute atomic E-state index is 11.8. The molecule has 0 atom stereocenters. The van der Waals surface area contributed by atoms with E-state index in [1.807, 2.05) is 0 Å². The zero-order valence-electron chi connectivity index (χ0n) is 13.3. The number of carbonyl (C=O) groups excluding carboxylic acids is 1. The quantitative estimate of drug-likeness (QED) is 0.408. The lowest BCUT2D eigenvalue weighted by Crippen LogP contribution is -2.12. The van der Waals surface area contributed by atoms with Gasteiger partial charge in [0, 0.05) is 0 Å². The Morgan fingerprint density at radius 2 is 1.55 bits per heavy atom. The highest BCUT2D eigenvalue weighted by Gasteiger charge is 2.16. The number of carboxylic acids is 1. The zero-order chi connectivity index (χ0) is 16.8. The van der Waals surface area contributed by atoms with Crippen LogP contribution in [0.2, 0.25) is 0 Å². The smallest absolute Gasteiger partial charge is 0.339 e. The summed E-state index contributed by atoms with van der Waals surface area (Å²) in [7, 11) is 0. The van der Waals surface area contributed by atoms with Crippen molar-refractivity contribution in [2.24, 2.45) is 0 Å². The molecular weight excluding hydrogens is 280 g/mol. The standard InChI is InChI=1S/C16H22O4.C2H4/c1-2-3-4-5-6-9-12-20-16(19)14-11-8-7-10-13(14)15(17)18;1-2/h7-8,10-11H,2-6,9,12H2,1H3,(H,17,18);1-2H2. The van der Waals surface area contributed by atoms with Crippen LogP contribution in [-0.2, 0) is 4.74 Å². The fraction of sp³-hybridized carbons (Fsp3) is 0.444. The highest BCUT2D eigenvalue weighted by atomic mass is 16.5. The van der Waals surface area contributed by atoms with Crippen LogP contribution in [-0.4, -0.2) is 23.7 Å². The van der Waals surface area contributed by atoms with E-state index in [1.165, 1.54) is 31.4 Å². The number of aromatic carboxylic acids is 1. The molecule has 0 aliphatic carbocycles. The molecule has 0 spiro atoms. The Bertz CT molecular complexity index is 454. The highest BCUT2D eigenvalue weighted by Crippen LogP contribution is 2.11. The first-order valence-corrected chi connectivity index (χ1v) is 7.66. The normalized spacial score (nSPS) is 9.50. The second kappa shape index (κ2) is 12.6. The molecule has 0 amide bonds. The second-order valence-corrected chi connectivity index (χ2v) is 4.75. The van der Waals surface area contributed by atoms with Crippen LogP contribution in [0.25, 0.3) is 0 Å². The van der Waals surface area contributed by atoms with Crippen LogP contribution in [0.15, 0.2) is 37.4 Å². The molecule has 0 bridgehead atoms. The average molecular weight is 306 g/mol. The van der Waals surface area contributed by atoms with Gasteiger partial charge in [-0.05, 0) is 18.6 Å². The Kier molecular flexibility index (Phi) is 11.4. The van der Waals surface area contributed by atoms with Gasteiger partial charge in [-0.1, -0.05) is 51.2 Å². The molecule has 0 aliphatic rings. The zero-order valence-corrected chi connectivity index (χ0v) is 13.3. The van der Waals surface area contributed by atoms with Gasteiger partial charge in [-0.2, -0.15) is 0 Å². The van der Waals surface area contributed by atoms with Crippen molar-refractivity contribution in [3.63, 3.8) is 0 Å². The molecule has 0 saturated heterocycles. The minimum absolute atomic E-state index is 0.0135. The highest BCUT2D eigenvalue weighted by molar-refractivity contribution is 6.02. The number of hydrogen-bond donors (Lipinski definition) is 1. The Hall–Kier alpha value is -2.10. The molecule has 0 saturated carbocycles. The number of carbonyl (C=O) groups is 2. The largest absolute Gasteiger partial charge is 0.478 e. The molecule has 122 valence electrons. The number of rotatable bonds is 9. The summed E-state index contributed by atoms with van der Waals surface area (Å²) in [5.41, 5.74) is 0.103. The summed E-state index contributed by atoms with van der Waals surface area (Å²) < 4.78 is 5.12. The number of hydrogen-bond acceptors (Lipinski definition) is 3. The molecular formula is C18H26O4. The van der Waals surface area contributed by atoms with Crippen LogP contribution in [0.3, 0.4) is 0 Å². The van der Waals surface area contributed by atoms with E-state index in [4.69, 9.17) is 9.84 Å². The topological polar surface area (TPSA) is 63.6 Å². The summed E-state index contributed by atoms with van der Waals surface area (Å²) in [6.07, 6.45) is 6.68. The lowest BCUT2D eigenvalue weighted by Gasteiger charge is -2.07. The Balaban J connectivity index is 0.00000211. The summed E-state index contributed by atoms with van der Waals surface area (Å²) >= 11 is 0. The van der Waals surface area contributed by atoms with Gasteiger partial charge in [-0.15, -0.1) is 13.2 Å². The molecule has 0 heterocycles. The van der Waals surface area contributed by atoms with Gasteiger partial charge in [-0.3, -0.25) is 0 Å². The van der Waals surface area contributed by atoms with Crippen molar-refractivity contribution in [2.75, 3.05) is 6.61 Å². The van der Waals surface area contributed by atoms with E-state index in [0.29, 0.717) is 6.61 Å². The molecule has 4 heteroatoms. The van der Waals surface area contributed by atoms with Crippen molar-refractivity contribution >= 4 is 11.9 Å². The number of ether oxygens (including phenoxy) is 1. The predicted octanol–water partition coefficient (Wildman–Crippen LogP) is 4.70. The number of carboxylic acid groups (broad SMARTS) is 1. The molecule has 1 aromatic rings. The molecule has 1 aromatic carbocycles. The SMILES string of the molecule is C=C.CCCCCCCCOC(=O)c1ccccc1C(=O)O. The molecule has 4 nitrogen and oxygen atoms in total. The van der Waals surface area contributed by atoms with Gasteiger partial charge >= 0.3 is 11.9 Å². The van der Waals surface area contributed by atoms with E-state index in [9.17, 15) is 9.59 Å². The Morgan fingerprint density at radius 1 is 1.00 bits per heavy atom. The van der Waals surface area contributed by atoms with Crippen molar-refractivity contribution in [3.05, 3.63) is 48.6 Å². The maximum Gasteiger partial charge on any atom is 0.339 e. The van der Waals surface area contributed by atoms with Gasteiger partial charge in [-0.25, -0.2) is 9.59 Å². The van der Waals surface area contributed by atoms with Crippen molar-refractivity contribution in [1.82, 2.24) is 0 Å². The summed E-state index contributed by atoms with van der Waals surface area (Å²) in [4.78, 5) is 22.8. The van der Waals surface area contributed by atoms with Gasteiger partial charge < -0.3 is 9.84 Å². The van der Waals surface area contributed by atoms with E-state index < -0.39 is 11.9 Å². The fourth-order valence-electron chi connectivity index (χ4n) is 1.97. The Morgan fingerprint density at radius 3 is 2.14 bits per heavy atom. The first-order valence-electron chi connectivity index (χ1n) is 7.66. The molecule has 22 heavy (non-hydrogen) atoms. The Labute approximate surface area is 132 Å². The monoisotopic (exact) mass is 306 g/mol. The van der Waals surface area contributed by atoms with Crippen LogP contribution in [0.5, 0.6) is 0 Å². The summed E-state index contributed by atoms with van der Waals surface area (Å²) in [6.45, 7) is 8.51. The van der Waals surface area contributed by atoms with Crippen LogP contribution in [0.4, 0.5) is 0 Å². The van der Waals surface area contributed by atoms with Gasteiger partial charge in [0.05, 0.1) is 17.7 Å². The van der Waals surface area contributed by atoms with Gasteiger partial charge in [0.25, 0.3) is 0 Å².